The Morgan fingerprint density at radius 1 is 0.903 bits per heavy atom. The van der Waals surface area contributed by atoms with E-state index >= 15 is 0 Å². The molecule has 1 amide bonds. The van der Waals surface area contributed by atoms with Crippen molar-refractivity contribution in [2.75, 3.05) is 4.90 Å². The van der Waals surface area contributed by atoms with E-state index in [2.05, 4.69) is 0 Å². The number of ketones is 1. The van der Waals surface area contributed by atoms with Crippen LogP contribution in [0.25, 0.3) is 5.76 Å². The van der Waals surface area contributed by atoms with Gasteiger partial charge in [0.15, 0.2) is 0 Å². The quantitative estimate of drug-likeness (QED) is 0.334. The molecule has 0 aromatic heterocycles. The molecule has 0 saturated carbocycles. The summed E-state index contributed by atoms with van der Waals surface area (Å²) < 4.78 is 0. The summed E-state index contributed by atoms with van der Waals surface area (Å²) in [5, 5.41) is 21.3. The molecule has 156 valence electrons. The summed E-state index contributed by atoms with van der Waals surface area (Å²) in [5.74, 6) is -1.70. The highest BCUT2D eigenvalue weighted by molar-refractivity contribution is 6.51. The highest BCUT2D eigenvalue weighted by Gasteiger charge is 2.46. The van der Waals surface area contributed by atoms with Crippen LogP contribution in [0.1, 0.15) is 28.3 Å². The Bertz CT molecular complexity index is 1210. The molecular weight excluding hydrogens is 414 g/mol. The molecule has 5 nitrogen and oxygen atoms in total. The molecule has 1 aliphatic rings. The Kier molecular flexibility index (Phi) is 5.29. The van der Waals surface area contributed by atoms with E-state index in [0.29, 0.717) is 21.8 Å². The minimum Gasteiger partial charge on any atom is -0.508 e. The van der Waals surface area contributed by atoms with E-state index in [1.165, 1.54) is 17.0 Å². The Hall–Kier alpha value is -3.57. The van der Waals surface area contributed by atoms with Crippen LogP contribution in [0.15, 0.2) is 72.3 Å². The zero-order chi connectivity index (χ0) is 22.3. The second kappa shape index (κ2) is 7.93. The number of phenols is 1. The number of halogens is 1. The van der Waals surface area contributed by atoms with Gasteiger partial charge in [-0.05, 0) is 73.0 Å². The molecule has 3 aromatic rings. The van der Waals surface area contributed by atoms with Crippen molar-refractivity contribution >= 4 is 34.7 Å². The molecule has 3 aromatic carbocycles. The van der Waals surface area contributed by atoms with E-state index in [1.807, 2.05) is 19.9 Å². The maximum absolute atomic E-state index is 13.1. The van der Waals surface area contributed by atoms with E-state index in [9.17, 15) is 19.8 Å². The number of aliphatic hydroxyl groups is 1. The third-order valence-electron chi connectivity index (χ3n) is 5.54. The first-order chi connectivity index (χ1) is 14.8. The number of amides is 1. The second-order valence-corrected chi connectivity index (χ2v) is 7.97. The van der Waals surface area contributed by atoms with Crippen molar-refractivity contribution in [3.63, 3.8) is 0 Å². The molecule has 1 saturated heterocycles. The van der Waals surface area contributed by atoms with Gasteiger partial charge in [0.05, 0.1) is 11.6 Å². The number of aromatic hydroxyl groups is 1. The van der Waals surface area contributed by atoms with Gasteiger partial charge in [-0.25, -0.2) is 0 Å². The van der Waals surface area contributed by atoms with Gasteiger partial charge in [0.2, 0.25) is 0 Å². The number of aryl methyl sites for hydroxylation is 2. The van der Waals surface area contributed by atoms with Crippen LogP contribution in [0, 0.1) is 13.8 Å². The van der Waals surface area contributed by atoms with Crippen molar-refractivity contribution in [3.05, 3.63) is 99.6 Å². The minimum absolute atomic E-state index is 0.00565. The van der Waals surface area contributed by atoms with Gasteiger partial charge in [-0.15, -0.1) is 0 Å². The molecule has 1 atom stereocenters. The van der Waals surface area contributed by atoms with E-state index in [1.54, 1.807) is 48.5 Å². The highest BCUT2D eigenvalue weighted by atomic mass is 35.5. The Balaban J connectivity index is 1.94. The normalized spacial score (nSPS) is 17.9. The third-order valence-corrected chi connectivity index (χ3v) is 5.79. The average molecular weight is 434 g/mol. The fourth-order valence-corrected chi connectivity index (χ4v) is 3.84. The molecule has 1 unspecified atom stereocenters. The summed E-state index contributed by atoms with van der Waals surface area (Å²) >= 11 is 5.99. The van der Waals surface area contributed by atoms with Gasteiger partial charge in [0.1, 0.15) is 11.5 Å². The fraction of sp³-hybridized carbons (Fsp3) is 0.120. The van der Waals surface area contributed by atoms with Crippen LogP contribution >= 0.6 is 11.6 Å². The molecular formula is C25H20ClNO4. The monoisotopic (exact) mass is 433 g/mol. The highest BCUT2D eigenvalue weighted by Crippen LogP contribution is 2.42. The number of hydrogen-bond donors (Lipinski definition) is 2. The van der Waals surface area contributed by atoms with Crippen LogP contribution in [0.4, 0.5) is 5.69 Å². The van der Waals surface area contributed by atoms with Crippen molar-refractivity contribution in [2.45, 2.75) is 19.9 Å². The van der Waals surface area contributed by atoms with E-state index in [-0.39, 0.29) is 17.1 Å². The molecule has 0 aliphatic carbocycles. The van der Waals surface area contributed by atoms with E-state index in [0.717, 1.165) is 11.1 Å². The smallest absolute Gasteiger partial charge is 0.300 e. The van der Waals surface area contributed by atoms with Crippen molar-refractivity contribution in [1.29, 1.82) is 0 Å². The number of rotatable bonds is 3. The average Bonchev–Trinajstić information content (AvgIpc) is 3.01. The summed E-state index contributed by atoms with van der Waals surface area (Å²) in [4.78, 5) is 27.5. The number of phenolic OH excluding ortho intramolecular Hbond substituents is 1. The SMILES string of the molecule is Cc1ccc(/C(O)=C2/C(=O)C(=O)N(c3ccc(Cl)cc3)C2c2ccc(O)cc2)cc1C. The van der Waals surface area contributed by atoms with E-state index < -0.39 is 17.7 Å². The Morgan fingerprint density at radius 3 is 2.16 bits per heavy atom. The molecule has 0 bridgehead atoms. The van der Waals surface area contributed by atoms with E-state index in [4.69, 9.17) is 11.6 Å². The zero-order valence-corrected chi connectivity index (χ0v) is 17.7. The van der Waals surface area contributed by atoms with Crippen LogP contribution < -0.4 is 4.90 Å². The summed E-state index contributed by atoms with van der Waals surface area (Å²) in [7, 11) is 0. The minimum atomic E-state index is -0.858. The molecule has 0 spiro atoms. The number of carbonyl (C=O) groups excluding carboxylic acids is 2. The third kappa shape index (κ3) is 3.68. The number of carbonyl (C=O) groups is 2. The maximum atomic E-state index is 13.1. The molecule has 0 radical (unpaired) electrons. The lowest BCUT2D eigenvalue weighted by atomic mass is 9.94. The van der Waals surface area contributed by atoms with Gasteiger partial charge in [0, 0.05) is 16.3 Å². The van der Waals surface area contributed by atoms with Crippen LogP contribution in [0.2, 0.25) is 5.02 Å². The maximum Gasteiger partial charge on any atom is 0.300 e. The lowest BCUT2D eigenvalue weighted by molar-refractivity contribution is -0.132. The molecule has 2 N–H and O–H groups in total. The molecule has 1 aliphatic heterocycles. The molecule has 4 rings (SSSR count). The number of anilines is 1. The lowest BCUT2D eigenvalue weighted by Gasteiger charge is -2.25. The number of nitrogens with zero attached hydrogens (tertiary/aromatic N) is 1. The van der Waals surface area contributed by atoms with Crippen LogP contribution in [0.3, 0.4) is 0 Å². The van der Waals surface area contributed by atoms with Crippen molar-refractivity contribution in [2.24, 2.45) is 0 Å². The van der Waals surface area contributed by atoms with Crippen molar-refractivity contribution < 1.29 is 19.8 Å². The van der Waals surface area contributed by atoms with Gasteiger partial charge >= 0.3 is 0 Å². The summed E-state index contributed by atoms with van der Waals surface area (Å²) in [6, 6.07) is 17.3. The van der Waals surface area contributed by atoms with Gasteiger partial charge in [-0.3, -0.25) is 14.5 Å². The predicted molar refractivity (Wildman–Crippen MR) is 120 cm³/mol. The van der Waals surface area contributed by atoms with Gasteiger partial charge in [-0.2, -0.15) is 0 Å². The molecule has 6 heteroatoms. The number of benzene rings is 3. The summed E-state index contributed by atoms with van der Waals surface area (Å²) in [6.07, 6.45) is 0. The Morgan fingerprint density at radius 2 is 1.55 bits per heavy atom. The predicted octanol–water partition coefficient (Wildman–Crippen LogP) is 5.29. The number of aliphatic hydroxyl groups excluding tert-OH is 1. The number of Topliss-reactive ketones (excluding diaryl/α,β-unsaturated/α-hetero) is 1. The second-order valence-electron chi connectivity index (χ2n) is 7.54. The number of hydrogen-bond acceptors (Lipinski definition) is 4. The van der Waals surface area contributed by atoms with Crippen molar-refractivity contribution in [3.8, 4) is 5.75 Å². The zero-order valence-electron chi connectivity index (χ0n) is 17.0. The first kappa shape index (κ1) is 20.7. The van der Waals surface area contributed by atoms with Crippen LogP contribution in [0.5, 0.6) is 5.75 Å². The molecule has 31 heavy (non-hydrogen) atoms. The van der Waals surface area contributed by atoms with Gasteiger partial charge < -0.3 is 10.2 Å². The Labute approximate surface area is 184 Å². The summed E-state index contributed by atoms with van der Waals surface area (Å²) in [6.45, 7) is 3.87. The van der Waals surface area contributed by atoms with Crippen LogP contribution in [-0.2, 0) is 9.59 Å². The first-order valence-electron chi connectivity index (χ1n) is 9.71. The molecule has 1 heterocycles. The van der Waals surface area contributed by atoms with Gasteiger partial charge in [-0.1, -0.05) is 35.9 Å². The standard InChI is InChI=1S/C25H20ClNO4/c1-14-3-4-17(13-15(14)2)23(29)21-22(16-5-11-20(28)12-6-16)27(25(31)24(21)30)19-9-7-18(26)8-10-19/h3-13,22,28-29H,1-2H3/b23-21-. The van der Waals surface area contributed by atoms with Crippen LogP contribution in [-0.4, -0.2) is 21.9 Å². The lowest BCUT2D eigenvalue weighted by Crippen LogP contribution is -2.29. The first-order valence-corrected chi connectivity index (χ1v) is 10.1. The van der Waals surface area contributed by atoms with Crippen molar-refractivity contribution in [1.82, 2.24) is 0 Å². The molecule has 1 fully saturated rings. The largest absolute Gasteiger partial charge is 0.508 e. The van der Waals surface area contributed by atoms with Gasteiger partial charge in [0.25, 0.3) is 11.7 Å². The topological polar surface area (TPSA) is 77.8 Å². The summed E-state index contributed by atoms with van der Waals surface area (Å²) in [5.41, 5.74) is 3.52. The fourth-order valence-electron chi connectivity index (χ4n) is 3.72.